The molecule has 0 bridgehead atoms. The van der Waals surface area contributed by atoms with E-state index in [1.54, 1.807) is 12.1 Å². The normalized spacial score (nSPS) is 15.2. The molecular weight excluding hydrogens is 227 g/mol. The Kier molecular flexibility index (Phi) is 4.23. The van der Waals surface area contributed by atoms with Crippen LogP contribution in [0.25, 0.3) is 0 Å². The molecule has 0 aromatic heterocycles. The van der Waals surface area contributed by atoms with Crippen molar-refractivity contribution in [2.75, 3.05) is 18.5 Å². The molecule has 2 nitrogen and oxygen atoms in total. The van der Waals surface area contributed by atoms with E-state index in [2.05, 4.69) is 24.1 Å². The second-order valence-corrected chi connectivity index (χ2v) is 5.67. The van der Waals surface area contributed by atoms with Gasteiger partial charge in [-0.25, -0.2) is 4.39 Å². The van der Waals surface area contributed by atoms with Gasteiger partial charge in [-0.2, -0.15) is 0 Å². The lowest BCUT2D eigenvalue weighted by atomic mass is 10.1. The van der Waals surface area contributed by atoms with Crippen molar-refractivity contribution in [3.05, 3.63) is 29.6 Å². The van der Waals surface area contributed by atoms with E-state index in [1.165, 1.54) is 12.8 Å². The Balaban J connectivity index is 2.13. The molecule has 3 heteroatoms. The number of halogens is 1. The smallest absolute Gasteiger partial charge is 0.129 e. The Morgan fingerprint density at radius 3 is 2.72 bits per heavy atom. The van der Waals surface area contributed by atoms with Crippen molar-refractivity contribution in [2.45, 2.75) is 39.3 Å². The molecule has 1 aromatic carbocycles. The molecule has 1 aliphatic rings. The summed E-state index contributed by atoms with van der Waals surface area (Å²) in [6, 6.07) is 5.96. The Bertz CT molecular complexity index is 399. The third-order valence-corrected chi connectivity index (χ3v) is 3.29. The van der Waals surface area contributed by atoms with Crippen molar-refractivity contribution < 1.29 is 4.39 Å². The highest BCUT2D eigenvalue weighted by atomic mass is 19.1. The van der Waals surface area contributed by atoms with Gasteiger partial charge in [-0.15, -0.1) is 0 Å². The molecule has 1 fully saturated rings. The van der Waals surface area contributed by atoms with Gasteiger partial charge >= 0.3 is 0 Å². The lowest BCUT2D eigenvalue weighted by molar-refractivity contribution is 0.581. The summed E-state index contributed by atoms with van der Waals surface area (Å²) >= 11 is 0. The largest absolute Gasteiger partial charge is 0.374 e. The summed E-state index contributed by atoms with van der Waals surface area (Å²) in [5, 5.41) is 3.40. The average molecular weight is 250 g/mol. The number of nitrogens with one attached hydrogen (secondary N) is 1. The minimum atomic E-state index is -0.101. The van der Waals surface area contributed by atoms with Gasteiger partial charge in [-0.05, 0) is 30.9 Å². The van der Waals surface area contributed by atoms with Crippen LogP contribution in [0.2, 0.25) is 0 Å². The van der Waals surface area contributed by atoms with Gasteiger partial charge in [0.1, 0.15) is 5.82 Å². The highest BCUT2D eigenvalue weighted by Crippen LogP contribution is 2.25. The molecule has 1 aliphatic carbocycles. The summed E-state index contributed by atoms with van der Waals surface area (Å²) in [6.45, 7) is 5.94. The Hall–Kier alpha value is -1.09. The second kappa shape index (κ2) is 5.70. The van der Waals surface area contributed by atoms with Gasteiger partial charge in [0.05, 0.1) is 0 Å². The van der Waals surface area contributed by atoms with E-state index in [4.69, 9.17) is 0 Å². The first-order valence-corrected chi connectivity index (χ1v) is 6.80. The lowest BCUT2D eigenvalue weighted by Crippen LogP contribution is -2.26. The van der Waals surface area contributed by atoms with Crippen molar-refractivity contribution in [3.8, 4) is 0 Å². The standard InChI is InChI=1S/C15H23FN2/c1-11(2)10-18(3)15-6-4-5-14(16)13(15)9-17-12-7-8-12/h4-6,11-12,17H,7-10H2,1-3H3. The zero-order valence-corrected chi connectivity index (χ0v) is 11.5. The van der Waals surface area contributed by atoms with Crippen molar-refractivity contribution in [1.82, 2.24) is 5.32 Å². The number of nitrogens with zero attached hydrogens (tertiary/aromatic N) is 1. The van der Waals surface area contributed by atoms with Gasteiger partial charge in [-0.1, -0.05) is 19.9 Å². The maximum Gasteiger partial charge on any atom is 0.129 e. The van der Waals surface area contributed by atoms with Gasteiger partial charge < -0.3 is 10.2 Å². The van der Waals surface area contributed by atoms with Crippen molar-refractivity contribution in [1.29, 1.82) is 0 Å². The van der Waals surface area contributed by atoms with Crippen LogP contribution in [0.15, 0.2) is 18.2 Å². The molecule has 100 valence electrons. The van der Waals surface area contributed by atoms with Crippen molar-refractivity contribution in [3.63, 3.8) is 0 Å². The molecule has 0 unspecified atom stereocenters. The van der Waals surface area contributed by atoms with Crippen LogP contribution in [-0.4, -0.2) is 19.6 Å². The fourth-order valence-electron chi connectivity index (χ4n) is 2.26. The maximum atomic E-state index is 14.0. The van der Waals surface area contributed by atoms with E-state index in [9.17, 15) is 4.39 Å². The molecule has 0 heterocycles. The Morgan fingerprint density at radius 2 is 2.11 bits per heavy atom. The molecule has 2 rings (SSSR count). The van der Waals surface area contributed by atoms with Crippen molar-refractivity contribution in [2.24, 2.45) is 5.92 Å². The minimum absolute atomic E-state index is 0.101. The van der Waals surface area contributed by atoms with Crippen LogP contribution in [-0.2, 0) is 6.54 Å². The Morgan fingerprint density at radius 1 is 1.39 bits per heavy atom. The molecule has 1 saturated carbocycles. The predicted octanol–water partition coefficient (Wildman–Crippen LogP) is 3.17. The maximum absolute atomic E-state index is 14.0. The second-order valence-electron chi connectivity index (χ2n) is 5.67. The first kappa shape index (κ1) is 13.3. The fourth-order valence-corrected chi connectivity index (χ4v) is 2.26. The molecule has 1 N–H and O–H groups in total. The highest BCUT2D eigenvalue weighted by Gasteiger charge is 2.22. The molecule has 0 radical (unpaired) electrons. The van der Waals surface area contributed by atoms with E-state index in [1.807, 2.05) is 13.1 Å². The summed E-state index contributed by atoms with van der Waals surface area (Å²) in [7, 11) is 2.04. The highest BCUT2D eigenvalue weighted by molar-refractivity contribution is 5.53. The monoisotopic (exact) mass is 250 g/mol. The summed E-state index contributed by atoms with van der Waals surface area (Å²) < 4.78 is 14.0. The van der Waals surface area contributed by atoms with Gasteiger partial charge in [0.25, 0.3) is 0 Å². The number of hydrogen-bond acceptors (Lipinski definition) is 2. The van der Waals surface area contributed by atoms with E-state index in [0.29, 0.717) is 18.5 Å². The first-order valence-electron chi connectivity index (χ1n) is 6.80. The van der Waals surface area contributed by atoms with Crippen molar-refractivity contribution >= 4 is 5.69 Å². The molecule has 0 aliphatic heterocycles. The fraction of sp³-hybridized carbons (Fsp3) is 0.600. The van der Waals surface area contributed by atoms with Crippen LogP contribution in [0.3, 0.4) is 0 Å². The van der Waals surface area contributed by atoms with Crippen LogP contribution < -0.4 is 10.2 Å². The van der Waals surface area contributed by atoms with Crippen LogP contribution in [0.1, 0.15) is 32.3 Å². The van der Waals surface area contributed by atoms with E-state index >= 15 is 0 Å². The van der Waals surface area contributed by atoms with Gasteiger partial charge in [0, 0.05) is 37.4 Å². The number of hydrogen-bond donors (Lipinski definition) is 1. The van der Waals surface area contributed by atoms with E-state index in [0.717, 1.165) is 17.8 Å². The summed E-state index contributed by atoms with van der Waals surface area (Å²) in [5.74, 6) is 0.471. The molecular formula is C15H23FN2. The number of benzene rings is 1. The van der Waals surface area contributed by atoms with Gasteiger partial charge in [0.2, 0.25) is 0 Å². The quantitative estimate of drug-likeness (QED) is 0.834. The van der Waals surface area contributed by atoms with Gasteiger partial charge in [0.15, 0.2) is 0 Å². The zero-order chi connectivity index (χ0) is 13.1. The first-order chi connectivity index (χ1) is 8.58. The minimum Gasteiger partial charge on any atom is -0.374 e. The number of anilines is 1. The predicted molar refractivity (Wildman–Crippen MR) is 74.4 cm³/mol. The topological polar surface area (TPSA) is 15.3 Å². The van der Waals surface area contributed by atoms with Gasteiger partial charge in [-0.3, -0.25) is 0 Å². The molecule has 0 amide bonds. The van der Waals surface area contributed by atoms with Crippen LogP contribution >= 0.6 is 0 Å². The van der Waals surface area contributed by atoms with E-state index < -0.39 is 0 Å². The average Bonchev–Trinajstić information content (AvgIpc) is 3.10. The van der Waals surface area contributed by atoms with E-state index in [-0.39, 0.29) is 5.82 Å². The summed E-state index contributed by atoms with van der Waals surface area (Å²) in [4.78, 5) is 2.15. The molecule has 1 aromatic rings. The third-order valence-electron chi connectivity index (χ3n) is 3.29. The summed E-state index contributed by atoms with van der Waals surface area (Å²) in [5.41, 5.74) is 1.81. The van der Waals surface area contributed by atoms with Crippen LogP contribution in [0, 0.1) is 11.7 Å². The molecule has 0 spiro atoms. The molecule has 18 heavy (non-hydrogen) atoms. The Labute approximate surface area is 109 Å². The lowest BCUT2D eigenvalue weighted by Gasteiger charge is -2.24. The van der Waals surface area contributed by atoms with Crippen LogP contribution in [0.5, 0.6) is 0 Å². The summed E-state index contributed by atoms with van der Waals surface area (Å²) in [6.07, 6.45) is 2.46. The zero-order valence-electron chi connectivity index (χ0n) is 11.5. The van der Waals surface area contributed by atoms with Crippen LogP contribution in [0.4, 0.5) is 10.1 Å². The molecule has 0 saturated heterocycles. The third kappa shape index (κ3) is 3.45. The molecule has 0 atom stereocenters. The number of rotatable bonds is 6. The SMILES string of the molecule is CC(C)CN(C)c1cccc(F)c1CNC1CC1.